The summed E-state index contributed by atoms with van der Waals surface area (Å²) in [7, 11) is 0. The largest absolute Gasteiger partial charge is 0.492 e. The summed E-state index contributed by atoms with van der Waals surface area (Å²) in [5, 5.41) is 2.99. The minimum absolute atomic E-state index is 0.0330. The van der Waals surface area contributed by atoms with E-state index in [9.17, 15) is 9.59 Å². The lowest BCUT2D eigenvalue weighted by Crippen LogP contribution is -2.42. The SMILES string of the molecule is O=C(Nc1ccc(OCCn2ccnc2)cc1)C1CCN(C(=O)C2CC2)CC1. The van der Waals surface area contributed by atoms with Crippen LogP contribution in [-0.4, -0.2) is 46.0 Å². The number of carbonyl (C=O) groups excluding carboxylic acids is 2. The summed E-state index contributed by atoms with van der Waals surface area (Å²) in [6, 6.07) is 7.44. The first-order chi connectivity index (χ1) is 13.7. The lowest BCUT2D eigenvalue weighted by atomic mass is 9.95. The van der Waals surface area contributed by atoms with E-state index in [1.54, 1.807) is 12.5 Å². The van der Waals surface area contributed by atoms with Gasteiger partial charge in [-0.2, -0.15) is 0 Å². The molecule has 0 bridgehead atoms. The van der Waals surface area contributed by atoms with E-state index in [0.29, 0.717) is 19.7 Å². The van der Waals surface area contributed by atoms with E-state index in [4.69, 9.17) is 4.74 Å². The van der Waals surface area contributed by atoms with Gasteiger partial charge in [-0.3, -0.25) is 9.59 Å². The lowest BCUT2D eigenvalue weighted by Gasteiger charge is -2.31. The lowest BCUT2D eigenvalue weighted by molar-refractivity contribution is -0.135. The predicted molar refractivity (Wildman–Crippen MR) is 105 cm³/mol. The predicted octanol–water partition coefficient (Wildman–Crippen LogP) is 2.55. The van der Waals surface area contributed by atoms with Crippen molar-refractivity contribution in [2.24, 2.45) is 11.8 Å². The van der Waals surface area contributed by atoms with Crippen molar-refractivity contribution in [1.82, 2.24) is 14.5 Å². The molecule has 2 aliphatic rings. The highest BCUT2D eigenvalue weighted by atomic mass is 16.5. The van der Waals surface area contributed by atoms with Crippen molar-refractivity contribution < 1.29 is 14.3 Å². The molecule has 1 saturated carbocycles. The summed E-state index contributed by atoms with van der Waals surface area (Å²) in [5.41, 5.74) is 0.767. The number of hydrogen-bond acceptors (Lipinski definition) is 4. The minimum atomic E-state index is -0.0330. The van der Waals surface area contributed by atoms with Crippen molar-refractivity contribution in [3.63, 3.8) is 0 Å². The van der Waals surface area contributed by atoms with Crippen molar-refractivity contribution in [1.29, 1.82) is 0 Å². The number of ether oxygens (including phenoxy) is 1. The third kappa shape index (κ3) is 4.71. The summed E-state index contributed by atoms with van der Waals surface area (Å²) in [6.45, 7) is 2.68. The van der Waals surface area contributed by atoms with Crippen molar-refractivity contribution in [2.75, 3.05) is 25.0 Å². The van der Waals surface area contributed by atoms with Crippen molar-refractivity contribution in [2.45, 2.75) is 32.2 Å². The van der Waals surface area contributed by atoms with Crippen LogP contribution in [0, 0.1) is 11.8 Å². The van der Waals surface area contributed by atoms with E-state index in [-0.39, 0.29) is 23.7 Å². The van der Waals surface area contributed by atoms with Crippen molar-refractivity contribution in [3.8, 4) is 5.75 Å². The van der Waals surface area contributed by atoms with Gasteiger partial charge in [-0.15, -0.1) is 0 Å². The van der Waals surface area contributed by atoms with E-state index in [0.717, 1.165) is 43.7 Å². The Morgan fingerprint density at radius 3 is 2.46 bits per heavy atom. The Bertz CT molecular complexity index is 792. The highest BCUT2D eigenvalue weighted by molar-refractivity contribution is 5.92. The number of benzene rings is 1. The van der Waals surface area contributed by atoms with Gasteiger partial charge >= 0.3 is 0 Å². The Kier molecular flexibility index (Phi) is 5.60. The molecule has 7 heteroatoms. The zero-order chi connectivity index (χ0) is 19.3. The molecular weight excluding hydrogens is 356 g/mol. The van der Waals surface area contributed by atoms with E-state index in [2.05, 4.69) is 10.3 Å². The number of piperidine rings is 1. The Hall–Kier alpha value is -2.83. The van der Waals surface area contributed by atoms with Crippen LogP contribution in [0.2, 0.25) is 0 Å². The third-order valence-corrected chi connectivity index (χ3v) is 5.40. The number of aromatic nitrogens is 2. The Morgan fingerprint density at radius 2 is 1.82 bits per heavy atom. The Labute approximate surface area is 164 Å². The fourth-order valence-electron chi connectivity index (χ4n) is 3.52. The molecular formula is C21H26N4O3. The molecule has 0 radical (unpaired) electrons. The quantitative estimate of drug-likeness (QED) is 0.798. The van der Waals surface area contributed by atoms with Crippen LogP contribution in [0.4, 0.5) is 5.69 Å². The number of carbonyl (C=O) groups is 2. The number of rotatable bonds is 7. The first-order valence-corrected chi connectivity index (χ1v) is 9.97. The number of hydrogen-bond donors (Lipinski definition) is 1. The molecule has 28 heavy (non-hydrogen) atoms. The average Bonchev–Trinajstić information content (AvgIpc) is 3.45. The molecule has 2 aromatic rings. The molecule has 1 saturated heterocycles. The number of nitrogens with one attached hydrogen (secondary N) is 1. The van der Waals surface area contributed by atoms with Gasteiger partial charge in [-0.25, -0.2) is 4.98 Å². The van der Waals surface area contributed by atoms with Gasteiger partial charge < -0.3 is 19.5 Å². The zero-order valence-corrected chi connectivity index (χ0v) is 15.9. The smallest absolute Gasteiger partial charge is 0.227 e. The molecule has 0 spiro atoms. The minimum Gasteiger partial charge on any atom is -0.492 e. The van der Waals surface area contributed by atoms with Gasteiger partial charge in [0.1, 0.15) is 12.4 Å². The Balaban J connectivity index is 1.20. The second-order valence-corrected chi connectivity index (χ2v) is 7.54. The van der Waals surface area contributed by atoms with Crippen LogP contribution in [0.25, 0.3) is 0 Å². The molecule has 7 nitrogen and oxygen atoms in total. The molecule has 1 aromatic carbocycles. The van der Waals surface area contributed by atoms with E-state index in [1.165, 1.54) is 0 Å². The van der Waals surface area contributed by atoms with E-state index in [1.807, 2.05) is 39.9 Å². The second-order valence-electron chi connectivity index (χ2n) is 7.54. The fourth-order valence-corrected chi connectivity index (χ4v) is 3.52. The molecule has 2 heterocycles. The van der Waals surface area contributed by atoms with Crippen LogP contribution in [-0.2, 0) is 16.1 Å². The first-order valence-electron chi connectivity index (χ1n) is 9.97. The van der Waals surface area contributed by atoms with Crippen LogP contribution in [0.1, 0.15) is 25.7 Å². The fraction of sp³-hybridized carbons (Fsp3) is 0.476. The number of nitrogens with zero attached hydrogens (tertiary/aromatic N) is 3. The van der Waals surface area contributed by atoms with E-state index < -0.39 is 0 Å². The molecule has 1 N–H and O–H groups in total. The van der Waals surface area contributed by atoms with E-state index >= 15 is 0 Å². The van der Waals surface area contributed by atoms with Crippen molar-refractivity contribution >= 4 is 17.5 Å². The van der Waals surface area contributed by atoms with Crippen molar-refractivity contribution in [3.05, 3.63) is 43.0 Å². The normalized spacial score (nSPS) is 17.4. The zero-order valence-electron chi connectivity index (χ0n) is 15.9. The van der Waals surface area contributed by atoms with Gasteiger partial charge in [0.05, 0.1) is 12.9 Å². The van der Waals surface area contributed by atoms with Gasteiger partial charge in [0.2, 0.25) is 11.8 Å². The summed E-state index contributed by atoms with van der Waals surface area (Å²) in [4.78, 5) is 30.6. The van der Waals surface area contributed by atoms with Gasteiger partial charge in [0, 0.05) is 43.0 Å². The molecule has 0 atom stereocenters. The highest BCUT2D eigenvalue weighted by Crippen LogP contribution is 2.32. The molecule has 1 aliphatic carbocycles. The molecule has 0 unspecified atom stereocenters. The molecule has 4 rings (SSSR count). The number of imidazole rings is 1. The Morgan fingerprint density at radius 1 is 1.07 bits per heavy atom. The highest BCUT2D eigenvalue weighted by Gasteiger charge is 2.35. The standard InChI is InChI=1S/C21H26N4O3/c26-20(16-7-10-25(11-8-16)21(27)17-1-2-17)23-18-3-5-19(6-4-18)28-14-13-24-12-9-22-15-24/h3-6,9,12,15-17H,1-2,7-8,10-11,13-14H2,(H,23,26). The maximum atomic E-state index is 12.5. The van der Waals surface area contributed by atoms with Crippen LogP contribution in [0.3, 0.4) is 0 Å². The molecule has 148 valence electrons. The summed E-state index contributed by atoms with van der Waals surface area (Å²) in [6.07, 6.45) is 8.93. The van der Waals surface area contributed by atoms with Crippen LogP contribution >= 0.6 is 0 Å². The van der Waals surface area contributed by atoms with Gasteiger partial charge in [0.25, 0.3) is 0 Å². The van der Waals surface area contributed by atoms with Crippen LogP contribution in [0.5, 0.6) is 5.75 Å². The average molecular weight is 382 g/mol. The summed E-state index contributed by atoms with van der Waals surface area (Å²) in [5.74, 6) is 1.31. The third-order valence-electron chi connectivity index (χ3n) is 5.40. The monoisotopic (exact) mass is 382 g/mol. The first kappa shape index (κ1) is 18.5. The van der Waals surface area contributed by atoms with Gasteiger partial charge in [-0.05, 0) is 49.9 Å². The second kappa shape index (κ2) is 8.46. The number of likely N-dealkylation sites (tertiary alicyclic amines) is 1. The summed E-state index contributed by atoms with van der Waals surface area (Å²) >= 11 is 0. The summed E-state index contributed by atoms with van der Waals surface area (Å²) < 4.78 is 7.67. The van der Waals surface area contributed by atoms with Gasteiger partial charge in [0.15, 0.2) is 0 Å². The maximum absolute atomic E-state index is 12.5. The number of amides is 2. The van der Waals surface area contributed by atoms with Gasteiger partial charge in [-0.1, -0.05) is 0 Å². The van der Waals surface area contributed by atoms with Crippen LogP contribution in [0.15, 0.2) is 43.0 Å². The molecule has 1 aliphatic heterocycles. The van der Waals surface area contributed by atoms with Crippen LogP contribution < -0.4 is 10.1 Å². The molecule has 2 amide bonds. The molecule has 2 fully saturated rings. The maximum Gasteiger partial charge on any atom is 0.227 e. The molecule has 1 aromatic heterocycles. The number of anilines is 1. The topological polar surface area (TPSA) is 76.5 Å².